The predicted octanol–water partition coefficient (Wildman–Crippen LogP) is 3.39. The van der Waals surface area contributed by atoms with Crippen LogP contribution in [0, 0.1) is 0 Å². The van der Waals surface area contributed by atoms with E-state index < -0.39 is 0 Å². The number of pyridine rings is 1. The molecule has 0 atom stereocenters. The second-order valence-corrected chi connectivity index (χ2v) is 3.30. The van der Waals surface area contributed by atoms with Crippen molar-refractivity contribution >= 4 is 21.5 Å². The zero-order valence-electron chi connectivity index (χ0n) is 6.92. The minimum absolute atomic E-state index is 0.899. The summed E-state index contributed by atoms with van der Waals surface area (Å²) in [6.45, 7) is 5.82. The maximum Gasteiger partial charge on any atom is 0.0273 e. The minimum atomic E-state index is 0.899. The molecule has 1 nitrogen and oxygen atoms in total. The highest BCUT2D eigenvalue weighted by Crippen LogP contribution is 2.24. The second-order valence-electron chi connectivity index (χ2n) is 2.34. The number of rotatable bonds is 2. The Morgan fingerprint density at radius 1 is 1.50 bits per heavy atom. The van der Waals surface area contributed by atoms with E-state index in [0.717, 1.165) is 15.6 Å². The van der Waals surface area contributed by atoms with Crippen LogP contribution in [-0.2, 0) is 0 Å². The van der Waals surface area contributed by atoms with Gasteiger partial charge in [0.1, 0.15) is 0 Å². The number of hydrogen-bond acceptors (Lipinski definition) is 1. The van der Waals surface area contributed by atoms with Crippen LogP contribution in [0.5, 0.6) is 0 Å². The highest BCUT2D eigenvalue weighted by atomic mass is 79.9. The Morgan fingerprint density at radius 3 is 2.50 bits per heavy atom. The van der Waals surface area contributed by atoms with Gasteiger partial charge in [-0.15, -0.1) is 0 Å². The van der Waals surface area contributed by atoms with Crippen LogP contribution in [0.2, 0.25) is 0 Å². The van der Waals surface area contributed by atoms with E-state index in [-0.39, 0.29) is 0 Å². The molecule has 12 heavy (non-hydrogen) atoms. The Kier molecular flexibility index (Phi) is 3.23. The SMILES string of the molecule is C=C(Br)C(=CC)c1ccncc1. The molecule has 0 aromatic carbocycles. The van der Waals surface area contributed by atoms with Gasteiger partial charge in [-0.2, -0.15) is 0 Å². The lowest BCUT2D eigenvalue weighted by molar-refractivity contribution is 1.32. The third kappa shape index (κ3) is 2.05. The zero-order valence-corrected chi connectivity index (χ0v) is 8.51. The summed E-state index contributed by atoms with van der Waals surface area (Å²) in [5, 5.41) is 0. The highest BCUT2D eigenvalue weighted by molar-refractivity contribution is 9.12. The molecule has 0 aliphatic rings. The van der Waals surface area contributed by atoms with E-state index >= 15 is 0 Å². The highest BCUT2D eigenvalue weighted by Gasteiger charge is 2.00. The Bertz CT molecular complexity index is 301. The Hall–Kier alpha value is -0.890. The first-order valence-electron chi connectivity index (χ1n) is 3.67. The van der Waals surface area contributed by atoms with E-state index in [1.165, 1.54) is 0 Å². The number of halogens is 1. The first-order valence-corrected chi connectivity index (χ1v) is 4.46. The van der Waals surface area contributed by atoms with E-state index in [1.807, 2.05) is 25.1 Å². The van der Waals surface area contributed by atoms with Crippen LogP contribution < -0.4 is 0 Å². The molecule has 0 saturated heterocycles. The summed E-state index contributed by atoms with van der Waals surface area (Å²) < 4.78 is 0.899. The lowest BCUT2D eigenvalue weighted by Gasteiger charge is -2.03. The topological polar surface area (TPSA) is 12.9 Å². The third-order valence-electron chi connectivity index (χ3n) is 1.57. The van der Waals surface area contributed by atoms with Crippen LogP contribution in [-0.4, -0.2) is 4.98 Å². The minimum Gasteiger partial charge on any atom is -0.265 e. The van der Waals surface area contributed by atoms with E-state index in [4.69, 9.17) is 0 Å². The normalized spacial score (nSPS) is 11.3. The third-order valence-corrected chi connectivity index (χ3v) is 2.00. The van der Waals surface area contributed by atoms with Crippen LogP contribution >= 0.6 is 15.9 Å². The van der Waals surface area contributed by atoms with Gasteiger partial charge >= 0.3 is 0 Å². The Labute approximate surface area is 81.0 Å². The van der Waals surface area contributed by atoms with Crippen LogP contribution in [0.15, 0.2) is 41.7 Å². The summed E-state index contributed by atoms with van der Waals surface area (Å²) in [6, 6.07) is 3.92. The second kappa shape index (κ2) is 4.21. The van der Waals surface area contributed by atoms with Crippen LogP contribution in [0.25, 0.3) is 5.57 Å². The lowest BCUT2D eigenvalue weighted by Crippen LogP contribution is -1.82. The molecule has 0 fully saturated rings. The molecule has 0 N–H and O–H groups in total. The standard InChI is InChI=1S/C10H10BrN/c1-3-10(8(2)11)9-4-6-12-7-5-9/h3-7H,2H2,1H3. The maximum atomic E-state index is 3.95. The van der Waals surface area contributed by atoms with Crippen molar-refractivity contribution < 1.29 is 0 Å². The number of nitrogens with zero attached hydrogens (tertiary/aromatic N) is 1. The Balaban J connectivity index is 3.05. The van der Waals surface area contributed by atoms with Crippen LogP contribution in [0.3, 0.4) is 0 Å². The first kappa shape index (κ1) is 9.20. The molecule has 0 amide bonds. The van der Waals surface area contributed by atoms with Gasteiger partial charge in [0, 0.05) is 16.9 Å². The Morgan fingerprint density at radius 2 is 2.08 bits per heavy atom. The molecular formula is C10H10BrN. The molecule has 0 saturated carbocycles. The van der Waals surface area contributed by atoms with Gasteiger partial charge in [0.2, 0.25) is 0 Å². The summed E-state index contributed by atoms with van der Waals surface area (Å²) in [5.41, 5.74) is 2.24. The smallest absolute Gasteiger partial charge is 0.0273 e. The van der Waals surface area contributed by atoms with Crippen molar-refractivity contribution in [2.75, 3.05) is 0 Å². The monoisotopic (exact) mass is 223 g/mol. The molecule has 1 heterocycles. The number of allylic oxidation sites excluding steroid dienone is 3. The average molecular weight is 224 g/mol. The quantitative estimate of drug-likeness (QED) is 0.701. The van der Waals surface area contributed by atoms with Gasteiger partial charge in [-0.3, -0.25) is 4.98 Å². The summed E-state index contributed by atoms with van der Waals surface area (Å²) in [5.74, 6) is 0. The molecule has 0 spiro atoms. The van der Waals surface area contributed by atoms with Crippen molar-refractivity contribution in [3.8, 4) is 0 Å². The van der Waals surface area contributed by atoms with Gasteiger partial charge in [-0.1, -0.05) is 28.6 Å². The summed E-state index contributed by atoms with van der Waals surface area (Å²) in [4.78, 5) is 3.95. The van der Waals surface area contributed by atoms with E-state index in [9.17, 15) is 0 Å². The fourth-order valence-electron chi connectivity index (χ4n) is 1.01. The summed E-state index contributed by atoms with van der Waals surface area (Å²) >= 11 is 3.35. The lowest BCUT2D eigenvalue weighted by atomic mass is 10.1. The molecule has 62 valence electrons. The molecule has 0 aliphatic heterocycles. The van der Waals surface area contributed by atoms with Gasteiger partial charge in [-0.25, -0.2) is 0 Å². The molecule has 0 bridgehead atoms. The van der Waals surface area contributed by atoms with Crippen molar-refractivity contribution in [1.29, 1.82) is 0 Å². The van der Waals surface area contributed by atoms with Crippen molar-refractivity contribution in [2.24, 2.45) is 0 Å². The van der Waals surface area contributed by atoms with Gasteiger partial charge in [0.05, 0.1) is 0 Å². The molecule has 0 unspecified atom stereocenters. The predicted molar refractivity (Wildman–Crippen MR) is 56.0 cm³/mol. The molecular weight excluding hydrogens is 214 g/mol. The molecule has 0 radical (unpaired) electrons. The molecule has 1 aromatic heterocycles. The van der Waals surface area contributed by atoms with Crippen molar-refractivity contribution in [2.45, 2.75) is 6.92 Å². The average Bonchev–Trinajstić information content (AvgIpc) is 2.07. The van der Waals surface area contributed by atoms with Gasteiger partial charge < -0.3 is 0 Å². The van der Waals surface area contributed by atoms with Gasteiger partial charge in [-0.05, 0) is 30.2 Å². The van der Waals surface area contributed by atoms with Gasteiger partial charge in [0.15, 0.2) is 0 Å². The van der Waals surface area contributed by atoms with Crippen LogP contribution in [0.1, 0.15) is 12.5 Å². The summed E-state index contributed by atoms with van der Waals surface area (Å²) in [6.07, 6.45) is 5.57. The first-order chi connectivity index (χ1) is 5.75. The maximum absolute atomic E-state index is 3.95. The van der Waals surface area contributed by atoms with Crippen molar-refractivity contribution in [3.63, 3.8) is 0 Å². The molecule has 0 aliphatic carbocycles. The van der Waals surface area contributed by atoms with Crippen molar-refractivity contribution in [1.82, 2.24) is 4.98 Å². The van der Waals surface area contributed by atoms with Crippen molar-refractivity contribution in [3.05, 3.63) is 47.2 Å². The molecule has 1 aromatic rings. The fraction of sp³-hybridized carbons (Fsp3) is 0.100. The van der Waals surface area contributed by atoms with E-state index in [0.29, 0.717) is 0 Å². The number of aromatic nitrogens is 1. The summed E-state index contributed by atoms with van der Waals surface area (Å²) in [7, 11) is 0. The molecule has 2 heteroatoms. The fourth-order valence-corrected chi connectivity index (χ4v) is 1.47. The molecule has 1 rings (SSSR count). The number of hydrogen-bond donors (Lipinski definition) is 0. The van der Waals surface area contributed by atoms with E-state index in [2.05, 4.69) is 27.5 Å². The van der Waals surface area contributed by atoms with Gasteiger partial charge in [0.25, 0.3) is 0 Å². The van der Waals surface area contributed by atoms with E-state index in [1.54, 1.807) is 12.4 Å². The van der Waals surface area contributed by atoms with Crippen LogP contribution in [0.4, 0.5) is 0 Å². The zero-order chi connectivity index (χ0) is 8.97. The largest absolute Gasteiger partial charge is 0.265 e.